The largest absolute Gasteiger partial charge is 0.497 e. The molecule has 6 heteroatoms. The smallest absolute Gasteiger partial charge is 0.229 e. The molecule has 0 bridgehead atoms. The summed E-state index contributed by atoms with van der Waals surface area (Å²) in [7, 11) is 5.23. The topological polar surface area (TPSA) is 59.5 Å². The van der Waals surface area contributed by atoms with Gasteiger partial charge in [0.25, 0.3) is 0 Å². The number of ether oxygens (including phenoxy) is 2. The third kappa shape index (κ3) is 3.85. The molecular formula is C20H22N4O2. The first-order valence-corrected chi connectivity index (χ1v) is 8.24. The fraction of sp³-hybridized carbons (Fsp3) is 0.200. The van der Waals surface area contributed by atoms with Crippen molar-refractivity contribution in [3.63, 3.8) is 0 Å². The van der Waals surface area contributed by atoms with Gasteiger partial charge in [0.05, 0.1) is 19.9 Å². The number of rotatable bonds is 6. The molecule has 0 saturated heterocycles. The van der Waals surface area contributed by atoms with Crippen LogP contribution in [0.1, 0.15) is 5.69 Å². The maximum Gasteiger partial charge on any atom is 0.229 e. The third-order valence-electron chi connectivity index (χ3n) is 3.98. The van der Waals surface area contributed by atoms with E-state index >= 15 is 0 Å². The molecular weight excluding hydrogens is 328 g/mol. The van der Waals surface area contributed by atoms with E-state index in [0.29, 0.717) is 11.7 Å². The van der Waals surface area contributed by atoms with Crippen LogP contribution in [0.2, 0.25) is 0 Å². The zero-order valence-corrected chi connectivity index (χ0v) is 15.4. The van der Waals surface area contributed by atoms with Crippen LogP contribution in [0.15, 0.2) is 54.6 Å². The number of aryl methyl sites for hydroxylation is 1. The average molecular weight is 350 g/mol. The number of anilines is 4. The molecule has 0 aliphatic carbocycles. The maximum absolute atomic E-state index is 5.41. The minimum Gasteiger partial charge on any atom is -0.497 e. The van der Waals surface area contributed by atoms with Crippen LogP contribution in [-0.2, 0) is 0 Å². The molecule has 0 aliphatic heterocycles. The van der Waals surface area contributed by atoms with E-state index in [9.17, 15) is 0 Å². The van der Waals surface area contributed by atoms with Gasteiger partial charge < -0.3 is 19.7 Å². The number of hydrogen-bond acceptors (Lipinski definition) is 6. The Balaban J connectivity index is 1.94. The SMILES string of the molecule is COc1ccc(OC)c(Nc2nc(C)cc(N(C)c3ccccc3)n2)c1. The Morgan fingerprint density at radius 3 is 2.38 bits per heavy atom. The highest BCUT2D eigenvalue weighted by Gasteiger charge is 2.11. The van der Waals surface area contributed by atoms with Crippen LogP contribution in [-0.4, -0.2) is 31.2 Å². The molecule has 1 N–H and O–H groups in total. The van der Waals surface area contributed by atoms with Crippen molar-refractivity contribution in [2.45, 2.75) is 6.92 Å². The highest BCUT2D eigenvalue weighted by atomic mass is 16.5. The van der Waals surface area contributed by atoms with Crippen molar-refractivity contribution in [3.05, 3.63) is 60.3 Å². The van der Waals surface area contributed by atoms with Gasteiger partial charge in [-0.3, -0.25) is 0 Å². The van der Waals surface area contributed by atoms with E-state index in [2.05, 4.69) is 15.3 Å². The Morgan fingerprint density at radius 1 is 0.923 bits per heavy atom. The molecule has 2 aromatic carbocycles. The number of aromatic nitrogens is 2. The van der Waals surface area contributed by atoms with Crippen LogP contribution >= 0.6 is 0 Å². The van der Waals surface area contributed by atoms with Crippen molar-refractivity contribution in [1.29, 1.82) is 0 Å². The van der Waals surface area contributed by atoms with Gasteiger partial charge in [0.2, 0.25) is 5.95 Å². The Morgan fingerprint density at radius 2 is 1.69 bits per heavy atom. The molecule has 0 spiro atoms. The zero-order valence-electron chi connectivity index (χ0n) is 15.4. The Kier molecular flexibility index (Phi) is 5.22. The minimum absolute atomic E-state index is 0.495. The van der Waals surface area contributed by atoms with Crippen LogP contribution in [0.4, 0.5) is 23.1 Å². The second-order valence-electron chi connectivity index (χ2n) is 5.78. The molecule has 3 rings (SSSR count). The van der Waals surface area contributed by atoms with Crippen molar-refractivity contribution in [2.75, 3.05) is 31.5 Å². The van der Waals surface area contributed by atoms with Gasteiger partial charge in [0.1, 0.15) is 17.3 Å². The van der Waals surface area contributed by atoms with E-state index < -0.39 is 0 Å². The highest BCUT2D eigenvalue weighted by molar-refractivity contribution is 5.67. The molecule has 26 heavy (non-hydrogen) atoms. The summed E-state index contributed by atoms with van der Waals surface area (Å²) in [4.78, 5) is 11.2. The van der Waals surface area contributed by atoms with Crippen LogP contribution in [0.3, 0.4) is 0 Å². The van der Waals surface area contributed by atoms with Crippen molar-refractivity contribution < 1.29 is 9.47 Å². The lowest BCUT2D eigenvalue weighted by molar-refractivity contribution is 0.405. The van der Waals surface area contributed by atoms with Gasteiger partial charge in [-0.25, -0.2) is 4.98 Å². The fourth-order valence-electron chi connectivity index (χ4n) is 2.60. The zero-order chi connectivity index (χ0) is 18.5. The predicted molar refractivity (Wildman–Crippen MR) is 104 cm³/mol. The Hall–Kier alpha value is -3.28. The highest BCUT2D eigenvalue weighted by Crippen LogP contribution is 2.31. The monoisotopic (exact) mass is 350 g/mol. The van der Waals surface area contributed by atoms with Gasteiger partial charge in [-0.05, 0) is 31.2 Å². The Labute approximate surface area is 153 Å². The first kappa shape index (κ1) is 17.5. The summed E-state index contributed by atoms with van der Waals surface area (Å²) in [5, 5.41) is 3.23. The molecule has 0 radical (unpaired) electrons. The van der Waals surface area contributed by atoms with Crippen molar-refractivity contribution >= 4 is 23.1 Å². The van der Waals surface area contributed by atoms with Crippen LogP contribution in [0, 0.1) is 6.92 Å². The third-order valence-corrected chi connectivity index (χ3v) is 3.98. The van der Waals surface area contributed by atoms with Crippen molar-refractivity contribution in [2.24, 2.45) is 0 Å². The fourth-order valence-corrected chi connectivity index (χ4v) is 2.60. The molecule has 0 fully saturated rings. The molecule has 1 heterocycles. The quantitative estimate of drug-likeness (QED) is 0.715. The van der Waals surface area contributed by atoms with Crippen LogP contribution in [0.5, 0.6) is 11.5 Å². The minimum atomic E-state index is 0.495. The molecule has 1 aromatic heterocycles. The second-order valence-corrected chi connectivity index (χ2v) is 5.78. The van der Waals surface area contributed by atoms with E-state index in [1.807, 2.05) is 73.5 Å². The molecule has 0 unspecified atom stereocenters. The summed E-state index contributed by atoms with van der Waals surface area (Å²) in [6.45, 7) is 1.94. The molecule has 6 nitrogen and oxygen atoms in total. The summed E-state index contributed by atoms with van der Waals surface area (Å²) in [5.74, 6) is 2.71. The Bertz CT molecular complexity index is 884. The summed E-state index contributed by atoms with van der Waals surface area (Å²) >= 11 is 0. The summed E-state index contributed by atoms with van der Waals surface area (Å²) in [6.07, 6.45) is 0. The first-order valence-electron chi connectivity index (χ1n) is 8.24. The number of hydrogen-bond donors (Lipinski definition) is 1. The molecule has 0 saturated carbocycles. The molecule has 134 valence electrons. The van der Waals surface area contributed by atoms with E-state index in [0.717, 1.165) is 28.6 Å². The lowest BCUT2D eigenvalue weighted by Crippen LogP contribution is -2.13. The number of nitrogens with zero attached hydrogens (tertiary/aromatic N) is 3. The average Bonchev–Trinajstić information content (AvgIpc) is 2.67. The number of benzene rings is 2. The number of nitrogens with one attached hydrogen (secondary N) is 1. The second kappa shape index (κ2) is 7.74. The van der Waals surface area contributed by atoms with Gasteiger partial charge in [-0.15, -0.1) is 0 Å². The normalized spacial score (nSPS) is 10.3. The molecule has 0 amide bonds. The lowest BCUT2D eigenvalue weighted by atomic mass is 10.2. The van der Waals surface area contributed by atoms with E-state index in [1.165, 1.54) is 0 Å². The van der Waals surface area contributed by atoms with Crippen molar-refractivity contribution in [1.82, 2.24) is 9.97 Å². The van der Waals surface area contributed by atoms with Gasteiger partial charge in [0.15, 0.2) is 0 Å². The lowest BCUT2D eigenvalue weighted by Gasteiger charge is -2.19. The number of methoxy groups -OCH3 is 2. The van der Waals surface area contributed by atoms with Crippen molar-refractivity contribution in [3.8, 4) is 11.5 Å². The van der Waals surface area contributed by atoms with Crippen LogP contribution in [0.25, 0.3) is 0 Å². The van der Waals surface area contributed by atoms with E-state index in [-0.39, 0.29) is 0 Å². The standard InChI is InChI=1S/C20H22N4O2/c1-14-12-19(24(2)15-8-6-5-7-9-15)23-20(21-14)22-17-13-16(25-3)10-11-18(17)26-4/h5-13H,1-4H3,(H,21,22,23). The predicted octanol–water partition coefficient (Wildman–Crippen LogP) is 4.31. The first-order chi connectivity index (χ1) is 12.6. The van der Waals surface area contributed by atoms with Crippen LogP contribution < -0.4 is 19.7 Å². The molecule has 0 atom stereocenters. The van der Waals surface area contributed by atoms with Gasteiger partial charge in [0, 0.05) is 30.6 Å². The molecule has 0 aliphatic rings. The molecule has 3 aromatic rings. The maximum atomic E-state index is 5.41. The summed E-state index contributed by atoms with van der Waals surface area (Å²) in [5.41, 5.74) is 2.66. The summed E-state index contributed by atoms with van der Waals surface area (Å²) < 4.78 is 10.7. The van der Waals surface area contributed by atoms with Gasteiger partial charge in [-0.2, -0.15) is 4.98 Å². The van der Waals surface area contributed by atoms with E-state index in [4.69, 9.17) is 9.47 Å². The van der Waals surface area contributed by atoms with Gasteiger partial charge in [-0.1, -0.05) is 18.2 Å². The van der Waals surface area contributed by atoms with E-state index in [1.54, 1.807) is 14.2 Å². The van der Waals surface area contributed by atoms with Gasteiger partial charge >= 0.3 is 0 Å². The number of para-hydroxylation sites is 1. The summed E-state index contributed by atoms with van der Waals surface area (Å²) in [6, 6.07) is 17.5.